The van der Waals surface area contributed by atoms with E-state index >= 15 is 0 Å². The Labute approximate surface area is 123 Å². The van der Waals surface area contributed by atoms with Gasteiger partial charge in [0, 0.05) is 30.6 Å². The molecule has 0 spiro atoms. The largest absolute Gasteiger partial charge is 0.301 e. The number of nitrogens with zero attached hydrogens (tertiary/aromatic N) is 1. The van der Waals surface area contributed by atoms with E-state index in [2.05, 4.69) is 23.6 Å². The van der Waals surface area contributed by atoms with Gasteiger partial charge in [0.05, 0.1) is 0 Å². The molecule has 0 N–H and O–H groups in total. The Bertz CT molecular complexity index is 237. The fourth-order valence-electron chi connectivity index (χ4n) is 3.49. The maximum absolute atomic E-state index is 4.71. The van der Waals surface area contributed by atoms with E-state index < -0.39 is 0 Å². The lowest BCUT2D eigenvalue weighted by Gasteiger charge is -2.40. The molecule has 0 aromatic carbocycles. The fraction of sp³-hybridized carbons (Fsp3) is 1.00. The molecule has 0 aromatic rings. The number of thiol groups is 1. The number of thioether (sulfide) groups is 1. The van der Waals surface area contributed by atoms with Crippen molar-refractivity contribution < 1.29 is 0 Å². The highest BCUT2D eigenvalue weighted by Gasteiger charge is 2.33. The molecule has 0 aromatic heterocycles. The Hall–Kier alpha value is 0.660. The van der Waals surface area contributed by atoms with Gasteiger partial charge < -0.3 is 4.90 Å². The van der Waals surface area contributed by atoms with E-state index in [0.29, 0.717) is 5.41 Å². The average Bonchev–Trinajstić information content (AvgIpc) is 2.65. The minimum absolute atomic E-state index is 0.528. The van der Waals surface area contributed by atoms with Crippen molar-refractivity contribution in [2.24, 2.45) is 5.41 Å². The summed E-state index contributed by atoms with van der Waals surface area (Å²) in [5.41, 5.74) is 0.528. The van der Waals surface area contributed by atoms with Crippen LogP contribution in [-0.2, 0) is 0 Å². The Morgan fingerprint density at radius 3 is 2.56 bits per heavy atom. The summed E-state index contributed by atoms with van der Waals surface area (Å²) in [6.45, 7) is 6.27. The maximum atomic E-state index is 4.71. The Kier molecular flexibility index (Phi) is 6.23. The second kappa shape index (κ2) is 7.44. The van der Waals surface area contributed by atoms with Crippen LogP contribution in [0.1, 0.15) is 51.9 Å². The van der Waals surface area contributed by atoms with E-state index in [0.717, 1.165) is 11.0 Å². The highest BCUT2D eigenvalue weighted by Crippen LogP contribution is 2.37. The highest BCUT2D eigenvalue weighted by atomic mass is 32.2. The lowest BCUT2D eigenvalue weighted by atomic mass is 9.81. The standard InChI is InChI=1S/C15H29NS2/c1-2-14-11-16(9-10-18-14)12-15(13-17)7-5-3-4-6-8-15/h14,17H,2-13H2,1H3. The smallest absolute Gasteiger partial charge is 0.0172 e. The van der Waals surface area contributed by atoms with Gasteiger partial charge in [-0.05, 0) is 30.4 Å². The van der Waals surface area contributed by atoms with Gasteiger partial charge in [-0.15, -0.1) is 0 Å². The molecule has 3 heteroatoms. The summed E-state index contributed by atoms with van der Waals surface area (Å²) >= 11 is 6.89. The Balaban J connectivity index is 1.91. The Morgan fingerprint density at radius 1 is 1.22 bits per heavy atom. The van der Waals surface area contributed by atoms with E-state index in [9.17, 15) is 0 Å². The molecular formula is C15H29NS2. The van der Waals surface area contributed by atoms with Gasteiger partial charge >= 0.3 is 0 Å². The van der Waals surface area contributed by atoms with Gasteiger partial charge in [-0.2, -0.15) is 24.4 Å². The Morgan fingerprint density at radius 2 is 1.94 bits per heavy atom. The first-order chi connectivity index (χ1) is 8.78. The molecule has 1 saturated carbocycles. The van der Waals surface area contributed by atoms with Crippen molar-refractivity contribution in [2.45, 2.75) is 57.1 Å². The molecule has 18 heavy (non-hydrogen) atoms. The first-order valence-corrected chi connectivity index (χ1v) is 9.41. The third kappa shape index (κ3) is 4.08. The van der Waals surface area contributed by atoms with E-state index in [1.165, 1.54) is 70.3 Å². The number of hydrogen-bond donors (Lipinski definition) is 1. The van der Waals surface area contributed by atoms with Gasteiger partial charge in [0.25, 0.3) is 0 Å². The van der Waals surface area contributed by atoms with Crippen LogP contribution in [0.2, 0.25) is 0 Å². The number of hydrogen-bond acceptors (Lipinski definition) is 3. The molecule has 2 rings (SSSR count). The minimum atomic E-state index is 0.528. The lowest BCUT2D eigenvalue weighted by molar-refractivity contribution is 0.153. The van der Waals surface area contributed by atoms with Crippen molar-refractivity contribution in [1.29, 1.82) is 0 Å². The van der Waals surface area contributed by atoms with Crippen molar-refractivity contribution in [1.82, 2.24) is 4.90 Å². The SMILES string of the molecule is CCC1CN(CC2(CS)CCCCCC2)CCS1. The van der Waals surface area contributed by atoms with E-state index in [-0.39, 0.29) is 0 Å². The predicted octanol–water partition coefficient (Wildman–Crippen LogP) is 4.08. The van der Waals surface area contributed by atoms with Crippen molar-refractivity contribution in [3.05, 3.63) is 0 Å². The average molecular weight is 288 g/mol. The first kappa shape index (κ1) is 15.1. The van der Waals surface area contributed by atoms with Crippen molar-refractivity contribution in [3.63, 3.8) is 0 Å². The molecule has 0 radical (unpaired) electrons. The van der Waals surface area contributed by atoms with Crippen LogP contribution in [0.15, 0.2) is 0 Å². The van der Waals surface area contributed by atoms with Crippen LogP contribution in [0, 0.1) is 5.41 Å². The lowest BCUT2D eigenvalue weighted by Crippen LogP contribution is -2.45. The summed E-state index contributed by atoms with van der Waals surface area (Å²) < 4.78 is 0. The van der Waals surface area contributed by atoms with Gasteiger partial charge in [-0.3, -0.25) is 0 Å². The topological polar surface area (TPSA) is 3.24 Å². The molecule has 1 nitrogen and oxygen atoms in total. The molecule has 2 aliphatic rings. The monoisotopic (exact) mass is 287 g/mol. The normalized spacial score (nSPS) is 30.0. The summed E-state index contributed by atoms with van der Waals surface area (Å²) in [5, 5.41) is 0.876. The van der Waals surface area contributed by atoms with Gasteiger partial charge in [-0.25, -0.2) is 0 Å². The summed E-state index contributed by atoms with van der Waals surface area (Å²) in [6, 6.07) is 0. The fourth-order valence-corrected chi connectivity index (χ4v) is 5.16. The predicted molar refractivity (Wildman–Crippen MR) is 87.0 cm³/mol. The molecule has 1 aliphatic carbocycles. The second-order valence-electron chi connectivity index (χ2n) is 6.21. The molecular weight excluding hydrogens is 258 g/mol. The summed E-state index contributed by atoms with van der Waals surface area (Å²) in [6.07, 6.45) is 9.91. The maximum Gasteiger partial charge on any atom is 0.0172 e. The van der Waals surface area contributed by atoms with Gasteiger partial charge in [0.1, 0.15) is 0 Å². The molecule has 0 amide bonds. The van der Waals surface area contributed by atoms with E-state index in [1.807, 2.05) is 0 Å². The van der Waals surface area contributed by atoms with Gasteiger partial charge in [-0.1, -0.05) is 32.6 Å². The van der Waals surface area contributed by atoms with Crippen LogP contribution in [0.5, 0.6) is 0 Å². The molecule has 0 bridgehead atoms. The molecule has 2 fully saturated rings. The zero-order chi connectivity index (χ0) is 12.8. The quantitative estimate of drug-likeness (QED) is 0.613. The van der Waals surface area contributed by atoms with Crippen molar-refractivity contribution in [3.8, 4) is 0 Å². The molecule has 106 valence electrons. The summed E-state index contributed by atoms with van der Waals surface area (Å²) in [4.78, 5) is 2.74. The van der Waals surface area contributed by atoms with Crippen LogP contribution in [-0.4, -0.2) is 41.3 Å². The van der Waals surface area contributed by atoms with Crippen LogP contribution in [0.25, 0.3) is 0 Å². The summed E-state index contributed by atoms with van der Waals surface area (Å²) in [5.74, 6) is 2.43. The van der Waals surface area contributed by atoms with E-state index in [1.54, 1.807) is 0 Å². The molecule has 1 aliphatic heterocycles. The van der Waals surface area contributed by atoms with Crippen LogP contribution < -0.4 is 0 Å². The molecule has 1 saturated heterocycles. The van der Waals surface area contributed by atoms with E-state index in [4.69, 9.17) is 12.6 Å². The third-order valence-corrected chi connectivity index (χ3v) is 6.78. The van der Waals surface area contributed by atoms with Crippen molar-refractivity contribution in [2.75, 3.05) is 31.1 Å². The zero-order valence-corrected chi connectivity index (χ0v) is 13.6. The number of rotatable bonds is 4. The first-order valence-electron chi connectivity index (χ1n) is 7.73. The van der Waals surface area contributed by atoms with Gasteiger partial charge in [0.2, 0.25) is 0 Å². The molecule has 1 atom stereocenters. The van der Waals surface area contributed by atoms with Gasteiger partial charge in [0.15, 0.2) is 0 Å². The van der Waals surface area contributed by atoms with Crippen molar-refractivity contribution >= 4 is 24.4 Å². The highest BCUT2D eigenvalue weighted by molar-refractivity contribution is 8.00. The zero-order valence-electron chi connectivity index (χ0n) is 11.9. The van der Waals surface area contributed by atoms with Crippen LogP contribution in [0.3, 0.4) is 0 Å². The molecule has 1 unspecified atom stereocenters. The molecule has 1 heterocycles. The second-order valence-corrected chi connectivity index (χ2v) is 7.93. The van der Waals surface area contributed by atoms with Crippen LogP contribution >= 0.6 is 24.4 Å². The minimum Gasteiger partial charge on any atom is -0.301 e. The summed E-state index contributed by atoms with van der Waals surface area (Å²) in [7, 11) is 0. The third-order valence-electron chi connectivity index (χ3n) is 4.74. The van der Waals surface area contributed by atoms with Crippen LogP contribution in [0.4, 0.5) is 0 Å².